The highest BCUT2D eigenvalue weighted by molar-refractivity contribution is 7.85. The first-order valence-electron chi connectivity index (χ1n) is 14.6. The minimum atomic E-state index is -3.98. The fourth-order valence-electron chi connectivity index (χ4n) is 2.83. The summed E-state index contributed by atoms with van der Waals surface area (Å²) in [5, 5.41) is 0. The van der Waals surface area contributed by atoms with Crippen LogP contribution in [-0.2, 0) is 20.2 Å². The van der Waals surface area contributed by atoms with Crippen LogP contribution in [0.4, 0.5) is 0 Å². The van der Waals surface area contributed by atoms with Crippen LogP contribution in [0, 0.1) is 0 Å². The Morgan fingerprint density at radius 3 is 0.711 bits per heavy atom. The number of rotatable bonds is 18. The minimum absolute atomic E-state index is 0.193. The molecule has 0 saturated carbocycles. The van der Waals surface area contributed by atoms with Crippen molar-refractivity contribution in [2.24, 2.45) is 0 Å². The molecule has 0 bridgehead atoms. The Hall–Kier alpha value is -0.260. The number of hydrogen-bond donors (Lipinski definition) is 0. The third-order valence-corrected chi connectivity index (χ3v) is 6.07. The third kappa shape index (κ3) is 91.3. The molecule has 0 rings (SSSR count). The molecule has 236 valence electrons. The van der Waals surface area contributed by atoms with Crippen molar-refractivity contribution >= 4 is 20.2 Å². The van der Waals surface area contributed by atoms with Crippen LogP contribution in [-0.4, -0.2) is 103 Å². The third-order valence-electron chi connectivity index (χ3n) is 4.50. The van der Waals surface area contributed by atoms with E-state index in [2.05, 4.69) is 70.2 Å². The van der Waals surface area contributed by atoms with Gasteiger partial charge >= 0.3 is 0 Å². The van der Waals surface area contributed by atoms with E-state index in [-0.39, 0.29) is 11.5 Å². The van der Waals surface area contributed by atoms with Gasteiger partial charge in [-0.05, 0) is 12.8 Å². The zero-order valence-corrected chi connectivity index (χ0v) is 28.5. The predicted molar refractivity (Wildman–Crippen MR) is 162 cm³/mol. The highest BCUT2D eigenvalue weighted by Crippen LogP contribution is 2.09. The molecule has 0 amide bonds. The van der Waals surface area contributed by atoms with Crippen molar-refractivity contribution in [1.29, 1.82) is 0 Å². The predicted octanol–water partition coefficient (Wildman–Crippen LogP) is 5.99. The second-order valence-corrected chi connectivity index (χ2v) is 15.9. The first-order chi connectivity index (χ1) is 17.1. The van der Waals surface area contributed by atoms with Gasteiger partial charge in [-0.2, -0.15) is 0 Å². The summed E-state index contributed by atoms with van der Waals surface area (Å²) >= 11 is 0. The monoisotopic (exact) mass is 590 g/mol. The topological polar surface area (TPSA) is 114 Å². The lowest BCUT2D eigenvalue weighted by Gasteiger charge is -2.14. The van der Waals surface area contributed by atoms with E-state index in [0.29, 0.717) is 12.8 Å². The second-order valence-electron chi connectivity index (χ2n) is 12.8. The molecule has 8 nitrogen and oxygen atoms in total. The molecule has 0 aromatic rings. The average Bonchev–Trinajstić information content (AvgIpc) is 2.68. The summed E-state index contributed by atoms with van der Waals surface area (Å²) in [5.74, 6) is -0.385. The van der Waals surface area contributed by atoms with Gasteiger partial charge in [-0.3, -0.25) is 0 Å². The van der Waals surface area contributed by atoms with Gasteiger partial charge in [-0.25, -0.2) is 16.8 Å². The maximum atomic E-state index is 10.2. The van der Waals surface area contributed by atoms with Crippen molar-refractivity contribution in [1.82, 2.24) is 0 Å². The number of unbranched alkanes of at least 4 members (excludes halogenated alkanes) is 14. The van der Waals surface area contributed by atoms with Gasteiger partial charge in [0.25, 0.3) is 0 Å². The van der Waals surface area contributed by atoms with Gasteiger partial charge in [0.05, 0.1) is 76.6 Å². The smallest absolute Gasteiger partial charge is 0.0945 e. The second kappa shape index (κ2) is 26.9. The molecule has 0 aromatic carbocycles. The lowest BCUT2D eigenvalue weighted by Crippen LogP contribution is -2.27. The Labute approximate surface area is 239 Å². The maximum Gasteiger partial charge on any atom is 0.0945 e. The summed E-state index contributed by atoms with van der Waals surface area (Å²) < 4.78 is 63.5. The van der Waals surface area contributed by atoms with Crippen LogP contribution in [0.15, 0.2) is 0 Å². The van der Waals surface area contributed by atoms with E-state index in [1.807, 2.05) is 0 Å². The van der Waals surface area contributed by atoms with Crippen molar-refractivity contribution < 1.29 is 34.9 Å². The maximum absolute atomic E-state index is 10.2. The van der Waals surface area contributed by atoms with Crippen LogP contribution in [0.25, 0.3) is 0 Å². The van der Waals surface area contributed by atoms with Gasteiger partial charge in [-0.1, -0.05) is 104 Å². The molecule has 0 aromatic heterocycles. The van der Waals surface area contributed by atoms with Gasteiger partial charge in [0.2, 0.25) is 0 Å². The largest absolute Gasteiger partial charge is 0.748 e. The molecule has 10 heteroatoms. The van der Waals surface area contributed by atoms with Gasteiger partial charge in [0.15, 0.2) is 0 Å². The molecule has 0 aliphatic carbocycles. The first-order valence-corrected chi connectivity index (χ1v) is 17.7. The fraction of sp³-hybridized carbons (Fsp3) is 1.00. The average molecular weight is 591 g/mol. The van der Waals surface area contributed by atoms with Crippen molar-refractivity contribution in [3.05, 3.63) is 0 Å². The van der Waals surface area contributed by atoms with E-state index < -0.39 is 20.2 Å². The lowest BCUT2D eigenvalue weighted by molar-refractivity contribution is -0.849. The summed E-state index contributed by atoms with van der Waals surface area (Å²) in [4.78, 5) is 0. The van der Waals surface area contributed by atoms with Crippen molar-refractivity contribution in [2.75, 3.05) is 67.9 Å². The Bertz CT molecular complexity index is 611. The molecule has 38 heavy (non-hydrogen) atoms. The van der Waals surface area contributed by atoms with E-state index in [0.717, 1.165) is 34.6 Å². The zero-order valence-electron chi connectivity index (χ0n) is 26.9. The first kappa shape index (κ1) is 44.7. The molecule has 0 unspecified atom stereocenters. The summed E-state index contributed by atoms with van der Waals surface area (Å²) in [7, 11) is 9.05. The van der Waals surface area contributed by atoms with Crippen LogP contribution in [0.2, 0.25) is 0 Å². The molecule has 0 spiro atoms. The lowest BCUT2D eigenvalue weighted by atomic mass is 10.1. The zero-order chi connectivity index (χ0) is 30.7. The van der Waals surface area contributed by atoms with Crippen LogP contribution in [0.3, 0.4) is 0 Å². The van der Waals surface area contributed by atoms with E-state index in [9.17, 15) is 25.9 Å². The number of hydrogen-bond acceptors (Lipinski definition) is 6. The number of quaternary nitrogens is 2. The molecule has 0 heterocycles. The Morgan fingerprint density at radius 2 is 0.553 bits per heavy atom. The molecule has 0 aliphatic rings. The Kier molecular flexibility index (Phi) is 31.7. The Balaban J connectivity index is -0.000000225. The van der Waals surface area contributed by atoms with Gasteiger partial charge < -0.3 is 18.1 Å². The van der Waals surface area contributed by atoms with E-state index in [1.165, 1.54) is 64.2 Å². The van der Waals surface area contributed by atoms with Gasteiger partial charge in [0, 0.05) is 11.5 Å². The molecule has 0 radical (unpaired) electrons. The molecule has 0 saturated heterocycles. The highest BCUT2D eigenvalue weighted by Gasteiger charge is 1.96. The SMILES string of the molecule is CCCCCCCCCCS(=O)(=O)[O-].CCCCCCCCCCS(=O)(=O)[O-].C[N+](C)(C)C.C[N+](C)(C)C. The molecule has 0 N–H and O–H groups in total. The van der Waals surface area contributed by atoms with E-state index in [1.54, 1.807) is 0 Å². The van der Waals surface area contributed by atoms with Crippen LogP contribution >= 0.6 is 0 Å². The quantitative estimate of drug-likeness (QED) is 0.110. The summed E-state index contributed by atoms with van der Waals surface area (Å²) in [6.07, 6.45) is 17.3. The summed E-state index contributed by atoms with van der Waals surface area (Å²) in [6.45, 7) is 4.36. The van der Waals surface area contributed by atoms with Crippen molar-refractivity contribution in [2.45, 2.75) is 117 Å². The highest BCUT2D eigenvalue weighted by atomic mass is 32.2. The van der Waals surface area contributed by atoms with Crippen LogP contribution in [0.1, 0.15) is 117 Å². The minimum Gasteiger partial charge on any atom is -0.748 e. The molecule has 0 fully saturated rings. The summed E-state index contributed by atoms with van der Waals surface area (Å²) in [6, 6.07) is 0. The van der Waals surface area contributed by atoms with Crippen molar-refractivity contribution in [3.8, 4) is 0 Å². The Morgan fingerprint density at radius 1 is 0.395 bits per heavy atom. The molecule has 0 aliphatic heterocycles. The fourth-order valence-corrected chi connectivity index (χ4v) is 3.94. The van der Waals surface area contributed by atoms with Gasteiger partial charge in [0.1, 0.15) is 0 Å². The van der Waals surface area contributed by atoms with Crippen molar-refractivity contribution in [3.63, 3.8) is 0 Å². The molecular weight excluding hydrogens is 524 g/mol. The normalized spacial score (nSPS) is 11.9. The van der Waals surface area contributed by atoms with Crippen LogP contribution in [0.5, 0.6) is 0 Å². The van der Waals surface area contributed by atoms with Crippen LogP contribution < -0.4 is 0 Å². The van der Waals surface area contributed by atoms with Gasteiger partial charge in [-0.15, -0.1) is 0 Å². The standard InChI is InChI=1S/2C10H22O3S.2C4H12N/c2*1-2-3-4-5-6-7-8-9-10-14(11,12)13;2*1-5(2,3)4/h2*2-10H2,1H3,(H,11,12,13);2*1-4H3/q;;2*+1/p-2. The number of nitrogens with zero attached hydrogens (tertiary/aromatic N) is 2. The molecule has 0 atom stereocenters. The molecular formula is C28H66N2O6S2. The summed E-state index contributed by atoms with van der Waals surface area (Å²) in [5.41, 5.74) is 0. The van der Waals surface area contributed by atoms with E-state index in [4.69, 9.17) is 0 Å². The van der Waals surface area contributed by atoms with E-state index >= 15 is 0 Å².